The minimum atomic E-state index is -3.16. The molecule has 2 aliphatic rings. The van der Waals surface area contributed by atoms with Gasteiger partial charge in [-0.25, -0.2) is 27.7 Å². The molecule has 1 saturated heterocycles. The van der Waals surface area contributed by atoms with Gasteiger partial charge < -0.3 is 9.88 Å². The summed E-state index contributed by atoms with van der Waals surface area (Å²) in [4.78, 5) is 18.9. The summed E-state index contributed by atoms with van der Waals surface area (Å²) in [5, 5.41) is 1.47. The maximum atomic E-state index is 11.8. The van der Waals surface area contributed by atoms with Gasteiger partial charge in [-0.1, -0.05) is 25.4 Å². The number of anilines is 1. The second-order valence-electron chi connectivity index (χ2n) is 7.85. The van der Waals surface area contributed by atoms with Crippen molar-refractivity contribution >= 4 is 38.3 Å². The Hall–Kier alpha value is -2.23. The fourth-order valence-electron chi connectivity index (χ4n) is 4.31. The number of H-pyrrole nitrogens is 1. The van der Waals surface area contributed by atoms with E-state index in [-0.39, 0.29) is 12.0 Å². The van der Waals surface area contributed by atoms with Crippen molar-refractivity contribution in [3.05, 3.63) is 46.8 Å². The summed E-state index contributed by atoms with van der Waals surface area (Å²) >= 11 is 6.28. The molecule has 1 fully saturated rings. The van der Waals surface area contributed by atoms with Gasteiger partial charge in [-0.05, 0) is 19.1 Å². The lowest BCUT2D eigenvalue weighted by Gasteiger charge is -2.41. The van der Waals surface area contributed by atoms with Crippen molar-refractivity contribution in [3.63, 3.8) is 0 Å². The van der Waals surface area contributed by atoms with Gasteiger partial charge in [-0.3, -0.25) is 0 Å². The fraction of sp³-hybridized carbons (Fsp3) is 0.476. The summed E-state index contributed by atoms with van der Waals surface area (Å²) < 4.78 is 25.0. The molecule has 0 amide bonds. The van der Waals surface area contributed by atoms with E-state index in [0.29, 0.717) is 24.8 Å². The van der Waals surface area contributed by atoms with Crippen LogP contribution in [0.3, 0.4) is 0 Å². The first-order chi connectivity index (χ1) is 14.8. The molecular formula is C21H27ClN6O2S. The molecule has 0 aromatic carbocycles. The van der Waals surface area contributed by atoms with E-state index >= 15 is 0 Å². The summed E-state index contributed by atoms with van der Waals surface area (Å²) in [6.07, 6.45) is 5.51. The molecule has 0 bridgehead atoms. The van der Waals surface area contributed by atoms with Gasteiger partial charge in [0.25, 0.3) is 0 Å². The largest absolute Gasteiger partial charge is 0.363 e. The van der Waals surface area contributed by atoms with Crippen LogP contribution in [0.5, 0.6) is 0 Å². The Morgan fingerprint density at radius 1 is 1.23 bits per heavy atom. The maximum absolute atomic E-state index is 11.8. The van der Waals surface area contributed by atoms with Crippen LogP contribution in [0.15, 0.2) is 24.7 Å². The van der Waals surface area contributed by atoms with Crippen molar-refractivity contribution in [2.45, 2.75) is 45.7 Å². The van der Waals surface area contributed by atoms with E-state index in [1.54, 1.807) is 6.33 Å². The van der Waals surface area contributed by atoms with Crippen LogP contribution in [0.1, 0.15) is 43.6 Å². The van der Waals surface area contributed by atoms with Crippen LogP contribution in [0.2, 0.25) is 5.15 Å². The third kappa shape index (κ3) is 4.02. The standard InChI is InChI=1S/C19H21ClN6O2S.C2H6/c1-11-5-15-14(18(23-10-22-15)12-7-25(8-12)29(2,27)28)9-26(11)16-6-17(20)24-19-13(16)3-4-21-19;1-2/h3-4,6,10-12H,5,7-9H2,1-2H3,(H,21,24);1-2H3. The van der Waals surface area contributed by atoms with Crippen LogP contribution >= 0.6 is 11.6 Å². The number of halogens is 1. The maximum Gasteiger partial charge on any atom is 0.211 e. The molecule has 0 saturated carbocycles. The molecule has 8 nitrogen and oxygen atoms in total. The lowest BCUT2D eigenvalue weighted by atomic mass is 9.89. The summed E-state index contributed by atoms with van der Waals surface area (Å²) in [5.41, 5.74) is 4.89. The molecule has 10 heteroatoms. The number of nitrogens with zero attached hydrogens (tertiary/aromatic N) is 5. The van der Waals surface area contributed by atoms with Gasteiger partial charge in [-0.15, -0.1) is 0 Å². The van der Waals surface area contributed by atoms with Crippen molar-refractivity contribution in [3.8, 4) is 0 Å². The van der Waals surface area contributed by atoms with E-state index in [0.717, 1.165) is 40.1 Å². The number of pyridine rings is 1. The van der Waals surface area contributed by atoms with E-state index in [4.69, 9.17) is 11.6 Å². The van der Waals surface area contributed by atoms with Crippen LogP contribution in [0, 0.1) is 0 Å². The van der Waals surface area contributed by atoms with Crippen molar-refractivity contribution in [2.24, 2.45) is 0 Å². The molecule has 0 spiro atoms. The monoisotopic (exact) mass is 462 g/mol. The highest BCUT2D eigenvalue weighted by Crippen LogP contribution is 2.37. The van der Waals surface area contributed by atoms with Crippen LogP contribution in [-0.2, 0) is 23.0 Å². The molecule has 166 valence electrons. The summed E-state index contributed by atoms with van der Waals surface area (Å²) in [6.45, 7) is 7.77. The van der Waals surface area contributed by atoms with Crippen LogP contribution in [-0.4, -0.2) is 58.0 Å². The van der Waals surface area contributed by atoms with E-state index in [9.17, 15) is 8.42 Å². The Bertz CT molecular complexity index is 1210. The molecule has 2 aliphatic heterocycles. The molecule has 3 aromatic heterocycles. The van der Waals surface area contributed by atoms with Crippen molar-refractivity contribution in [1.82, 2.24) is 24.2 Å². The number of fused-ring (bicyclic) bond motifs is 2. The van der Waals surface area contributed by atoms with Crippen LogP contribution < -0.4 is 4.90 Å². The summed E-state index contributed by atoms with van der Waals surface area (Å²) in [5.74, 6) is 0.102. The number of aromatic amines is 1. The van der Waals surface area contributed by atoms with Crippen molar-refractivity contribution in [1.29, 1.82) is 0 Å². The lowest BCUT2D eigenvalue weighted by Crippen LogP contribution is -2.49. The molecule has 5 heterocycles. The molecule has 1 unspecified atom stereocenters. The Morgan fingerprint density at radius 3 is 2.68 bits per heavy atom. The number of nitrogens with one attached hydrogen (secondary N) is 1. The van der Waals surface area contributed by atoms with Gasteiger partial charge in [0.05, 0.1) is 23.3 Å². The predicted octanol–water partition coefficient (Wildman–Crippen LogP) is 3.34. The highest BCUT2D eigenvalue weighted by Gasteiger charge is 2.38. The van der Waals surface area contributed by atoms with Gasteiger partial charge in [0.2, 0.25) is 10.0 Å². The molecular weight excluding hydrogens is 436 g/mol. The normalized spacial score (nSPS) is 19.5. The molecule has 0 radical (unpaired) electrons. The highest BCUT2D eigenvalue weighted by atomic mass is 35.5. The Kier molecular flexibility index (Phi) is 5.93. The smallest absolute Gasteiger partial charge is 0.211 e. The third-order valence-electron chi connectivity index (χ3n) is 5.91. The fourth-order valence-corrected chi connectivity index (χ4v) is 5.40. The van der Waals surface area contributed by atoms with Gasteiger partial charge in [0.15, 0.2) is 0 Å². The first-order valence-electron chi connectivity index (χ1n) is 10.5. The lowest BCUT2D eigenvalue weighted by molar-refractivity contribution is 0.260. The first kappa shape index (κ1) is 22.0. The molecule has 31 heavy (non-hydrogen) atoms. The average Bonchev–Trinajstić information content (AvgIpc) is 3.15. The van der Waals surface area contributed by atoms with E-state index in [2.05, 4.69) is 31.8 Å². The third-order valence-corrected chi connectivity index (χ3v) is 7.34. The molecule has 0 aliphatic carbocycles. The Morgan fingerprint density at radius 2 is 1.97 bits per heavy atom. The molecule has 1 N–H and O–H groups in total. The molecule has 3 aromatic rings. The zero-order valence-corrected chi connectivity index (χ0v) is 19.7. The number of hydrogen-bond acceptors (Lipinski definition) is 6. The highest BCUT2D eigenvalue weighted by molar-refractivity contribution is 7.88. The second-order valence-corrected chi connectivity index (χ2v) is 10.2. The van der Waals surface area contributed by atoms with Gasteiger partial charge in [-0.2, -0.15) is 0 Å². The van der Waals surface area contributed by atoms with Crippen LogP contribution in [0.25, 0.3) is 11.0 Å². The zero-order valence-electron chi connectivity index (χ0n) is 18.1. The summed E-state index contributed by atoms with van der Waals surface area (Å²) in [6, 6.07) is 4.14. The average molecular weight is 463 g/mol. The van der Waals surface area contributed by atoms with Gasteiger partial charge in [0.1, 0.15) is 17.1 Å². The van der Waals surface area contributed by atoms with Gasteiger partial charge in [0, 0.05) is 55.2 Å². The number of sulfonamides is 1. The van der Waals surface area contributed by atoms with Crippen molar-refractivity contribution in [2.75, 3.05) is 24.2 Å². The Labute approximate surface area is 187 Å². The van der Waals surface area contributed by atoms with E-state index in [1.165, 1.54) is 10.6 Å². The quantitative estimate of drug-likeness (QED) is 0.600. The SMILES string of the molecule is CC.CC1Cc2ncnc(C3CN(S(C)(=O)=O)C3)c2CN1c1cc(Cl)nc2[nH]ccc12. The second kappa shape index (κ2) is 8.37. The summed E-state index contributed by atoms with van der Waals surface area (Å²) in [7, 11) is -3.16. The number of hydrogen-bond donors (Lipinski definition) is 1. The number of aromatic nitrogens is 4. The molecule has 1 atom stereocenters. The number of rotatable bonds is 3. The van der Waals surface area contributed by atoms with E-state index < -0.39 is 10.0 Å². The van der Waals surface area contributed by atoms with E-state index in [1.807, 2.05) is 32.2 Å². The Balaban J connectivity index is 0.00000112. The minimum absolute atomic E-state index is 0.102. The van der Waals surface area contributed by atoms with Gasteiger partial charge >= 0.3 is 0 Å². The molecule has 5 rings (SSSR count). The first-order valence-corrected chi connectivity index (χ1v) is 12.7. The topological polar surface area (TPSA) is 95.1 Å². The van der Waals surface area contributed by atoms with Crippen molar-refractivity contribution < 1.29 is 8.42 Å². The van der Waals surface area contributed by atoms with Crippen LogP contribution in [0.4, 0.5) is 5.69 Å². The minimum Gasteiger partial charge on any atom is -0.363 e. The zero-order chi connectivity index (χ0) is 22.3. The predicted molar refractivity (Wildman–Crippen MR) is 123 cm³/mol.